The second kappa shape index (κ2) is 5.91. The van der Waals surface area contributed by atoms with E-state index in [4.69, 9.17) is 18.1 Å². The van der Waals surface area contributed by atoms with Gasteiger partial charge in [0.1, 0.15) is 0 Å². The first-order chi connectivity index (χ1) is 8.12. The van der Waals surface area contributed by atoms with Crippen molar-refractivity contribution in [3.63, 3.8) is 0 Å². The average Bonchev–Trinajstić information content (AvgIpc) is 2.30. The molecule has 0 bridgehead atoms. The fourth-order valence-corrected chi connectivity index (χ4v) is 4.01. The lowest BCUT2D eigenvalue weighted by Gasteiger charge is -2.26. The fourth-order valence-electron chi connectivity index (χ4n) is 1.34. The molecule has 2 fully saturated rings. The van der Waals surface area contributed by atoms with Gasteiger partial charge >= 0.3 is 15.5 Å². The summed E-state index contributed by atoms with van der Waals surface area (Å²) in [7, 11) is -6.51. The van der Waals surface area contributed by atoms with Crippen LogP contribution >= 0.6 is 15.5 Å². The fraction of sp³-hybridized carbons (Fsp3) is 1.00. The number of hydrogen-bond acceptors (Lipinski definition) is 6. The maximum absolute atomic E-state index is 11.8. The standard InChI is InChI=1S/C7H16N2O6P2/c10-16(12-3-1-4-13-16)8-7-9-17(11)14-5-2-6-15-17/h1-7H2,(H,8,10)(H,9,11). The molecule has 0 radical (unpaired) electrons. The van der Waals surface area contributed by atoms with Crippen molar-refractivity contribution in [2.45, 2.75) is 12.8 Å². The van der Waals surface area contributed by atoms with Crippen LogP contribution in [0.2, 0.25) is 0 Å². The molecule has 2 aliphatic heterocycles. The largest absolute Gasteiger partial charge is 0.406 e. The molecule has 0 aromatic carbocycles. The summed E-state index contributed by atoms with van der Waals surface area (Å²) < 4.78 is 43.6. The SMILES string of the molecule is O=P1(NCNP2(=O)OCCCO2)OCCCO1. The zero-order valence-corrected chi connectivity index (χ0v) is 11.1. The van der Waals surface area contributed by atoms with Crippen LogP contribution in [0.3, 0.4) is 0 Å². The van der Waals surface area contributed by atoms with Crippen molar-refractivity contribution in [1.82, 2.24) is 10.2 Å². The van der Waals surface area contributed by atoms with Gasteiger partial charge in [-0.1, -0.05) is 0 Å². The molecule has 8 nitrogen and oxygen atoms in total. The van der Waals surface area contributed by atoms with Crippen LogP contribution in [0.15, 0.2) is 0 Å². The van der Waals surface area contributed by atoms with Gasteiger partial charge in [-0.25, -0.2) is 19.3 Å². The third-order valence-electron chi connectivity index (χ3n) is 2.17. The van der Waals surface area contributed by atoms with Crippen molar-refractivity contribution in [2.24, 2.45) is 0 Å². The molecule has 100 valence electrons. The molecule has 0 amide bonds. The summed E-state index contributed by atoms with van der Waals surface area (Å²) in [6.07, 6.45) is 1.42. The smallest absolute Gasteiger partial charge is 0.297 e. The van der Waals surface area contributed by atoms with Gasteiger partial charge in [-0.2, -0.15) is 0 Å². The Bertz CT molecular complexity index is 299. The summed E-state index contributed by atoms with van der Waals surface area (Å²) in [5, 5.41) is 5.08. The van der Waals surface area contributed by atoms with Crippen molar-refractivity contribution in [2.75, 3.05) is 33.1 Å². The monoisotopic (exact) mass is 286 g/mol. The first kappa shape index (κ1) is 13.6. The van der Waals surface area contributed by atoms with E-state index >= 15 is 0 Å². The highest BCUT2D eigenvalue weighted by Gasteiger charge is 2.31. The van der Waals surface area contributed by atoms with E-state index in [0.29, 0.717) is 39.3 Å². The van der Waals surface area contributed by atoms with Crippen molar-refractivity contribution in [1.29, 1.82) is 0 Å². The number of nitrogens with one attached hydrogen (secondary N) is 2. The molecule has 0 spiro atoms. The Morgan fingerprint density at radius 2 is 1.12 bits per heavy atom. The van der Waals surface area contributed by atoms with E-state index in [-0.39, 0.29) is 6.67 Å². The van der Waals surface area contributed by atoms with Crippen LogP contribution in [-0.4, -0.2) is 33.1 Å². The van der Waals surface area contributed by atoms with E-state index in [1.807, 2.05) is 0 Å². The topological polar surface area (TPSA) is 95.1 Å². The maximum atomic E-state index is 11.8. The first-order valence-electron chi connectivity index (χ1n) is 5.40. The Kier molecular flexibility index (Phi) is 4.74. The van der Waals surface area contributed by atoms with Crippen LogP contribution in [0.25, 0.3) is 0 Å². The Balaban J connectivity index is 1.74. The van der Waals surface area contributed by atoms with E-state index in [1.54, 1.807) is 0 Å². The van der Waals surface area contributed by atoms with E-state index in [2.05, 4.69) is 10.2 Å². The van der Waals surface area contributed by atoms with Gasteiger partial charge in [-0.3, -0.25) is 18.1 Å². The number of rotatable bonds is 4. The molecule has 0 aromatic rings. The Hall–Kier alpha value is 0.220. The minimum Gasteiger partial charge on any atom is -0.297 e. The molecule has 0 saturated carbocycles. The van der Waals surface area contributed by atoms with Crippen LogP contribution in [0.4, 0.5) is 0 Å². The second-order valence-electron chi connectivity index (χ2n) is 3.53. The average molecular weight is 286 g/mol. The Labute approximate surface area is 99.5 Å². The lowest BCUT2D eigenvalue weighted by Crippen LogP contribution is -2.30. The van der Waals surface area contributed by atoms with E-state index < -0.39 is 15.5 Å². The zero-order valence-electron chi connectivity index (χ0n) is 9.29. The van der Waals surface area contributed by atoms with Gasteiger partial charge in [-0.15, -0.1) is 0 Å². The molecule has 2 N–H and O–H groups in total. The van der Waals surface area contributed by atoms with Crippen LogP contribution in [-0.2, 0) is 27.2 Å². The second-order valence-corrected chi connectivity index (χ2v) is 7.18. The van der Waals surface area contributed by atoms with Crippen molar-refractivity contribution < 1.29 is 27.2 Å². The van der Waals surface area contributed by atoms with E-state index in [0.717, 1.165) is 0 Å². The molecule has 17 heavy (non-hydrogen) atoms. The van der Waals surface area contributed by atoms with Crippen molar-refractivity contribution in [3.8, 4) is 0 Å². The number of hydrogen-bond donors (Lipinski definition) is 2. The minimum atomic E-state index is -3.26. The molecule has 10 heteroatoms. The Morgan fingerprint density at radius 3 is 1.47 bits per heavy atom. The molecule has 2 rings (SSSR count). The highest BCUT2D eigenvalue weighted by molar-refractivity contribution is 7.52. The van der Waals surface area contributed by atoms with Gasteiger partial charge in [-0.05, 0) is 12.8 Å². The van der Waals surface area contributed by atoms with Gasteiger partial charge < -0.3 is 0 Å². The minimum absolute atomic E-state index is 0.0332. The van der Waals surface area contributed by atoms with Gasteiger partial charge in [0.2, 0.25) is 0 Å². The van der Waals surface area contributed by atoms with Gasteiger partial charge in [0.05, 0.1) is 33.1 Å². The van der Waals surface area contributed by atoms with Crippen LogP contribution in [0.5, 0.6) is 0 Å². The van der Waals surface area contributed by atoms with Crippen LogP contribution < -0.4 is 10.2 Å². The molecule has 2 aliphatic rings. The van der Waals surface area contributed by atoms with E-state index in [9.17, 15) is 9.13 Å². The van der Waals surface area contributed by atoms with Crippen LogP contribution in [0.1, 0.15) is 12.8 Å². The molecule has 0 unspecified atom stereocenters. The summed E-state index contributed by atoms with van der Waals surface area (Å²) >= 11 is 0. The molecule has 2 heterocycles. The third kappa shape index (κ3) is 4.12. The zero-order chi connectivity index (χ0) is 12.2. The molecule has 0 aromatic heterocycles. The predicted molar refractivity (Wildman–Crippen MR) is 59.4 cm³/mol. The Morgan fingerprint density at radius 1 is 0.765 bits per heavy atom. The van der Waals surface area contributed by atoms with Crippen LogP contribution in [0, 0.1) is 0 Å². The highest BCUT2D eigenvalue weighted by atomic mass is 31.2. The first-order valence-corrected chi connectivity index (χ1v) is 8.49. The summed E-state index contributed by atoms with van der Waals surface area (Å²) in [6.45, 7) is 1.50. The molecule has 2 saturated heterocycles. The lowest BCUT2D eigenvalue weighted by molar-refractivity contribution is 0.133. The van der Waals surface area contributed by atoms with Crippen molar-refractivity contribution in [3.05, 3.63) is 0 Å². The van der Waals surface area contributed by atoms with Gasteiger partial charge in [0.15, 0.2) is 0 Å². The molecule has 0 aliphatic carbocycles. The lowest BCUT2D eigenvalue weighted by atomic mass is 10.5. The molecule has 0 atom stereocenters. The maximum Gasteiger partial charge on any atom is 0.406 e. The van der Waals surface area contributed by atoms with E-state index in [1.165, 1.54) is 0 Å². The summed E-state index contributed by atoms with van der Waals surface area (Å²) in [5.74, 6) is 0. The predicted octanol–water partition coefficient (Wildman–Crippen LogP) is 1.21. The normalized spacial score (nSPS) is 27.8. The molecular weight excluding hydrogens is 270 g/mol. The van der Waals surface area contributed by atoms with Gasteiger partial charge in [0, 0.05) is 0 Å². The quantitative estimate of drug-likeness (QED) is 0.588. The van der Waals surface area contributed by atoms with Crippen molar-refractivity contribution >= 4 is 15.5 Å². The van der Waals surface area contributed by atoms with Gasteiger partial charge in [0.25, 0.3) is 0 Å². The summed E-state index contributed by atoms with van der Waals surface area (Å²) in [6, 6.07) is 0. The summed E-state index contributed by atoms with van der Waals surface area (Å²) in [4.78, 5) is 0. The summed E-state index contributed by atoms with van der Waals surface area (Å²) in [5.41, 5.74) is 0. The highest BCUT2D eigenvalue weighted by Crippen LogP contribution is 2.48. The molecular formula is C7H16N2O6P2. The third-order valence-corrected chi connectivity index (χ3v) is 5.35.